The second-order valence-electron chi connectivity index (χ2n) is 3.56. The fraction of sp³-hybridized carbons (Fsp3) is 0.444. The molecule has 14 heavy (non-hydrogen) atoms. The quantitative estimate of drug-likeness (QED) is 0.657. The lowest BCUT2D eigenvalue weighted by Gasteiger charge is -2.11. The number of aliphatic hydroxyl groups excluding tert-OH is 1. The number of aliphatic hydroxyl groups is 1. The molecule has 3 rings (SSSR count). The van der Waals surface area contributed by atoms with Gasteiger partial charge in [-0.2, -0.15) is 0 Å². The maximum absolute atomic E-state index is 9.72. The van der Waals surface area contributed by atoms with Crippen LogP contribution in [0.1, 0.15) is 17.3 Å². The van der Waals surface area contributed by atoms with Gasteiger partial charge < -0.3 is 15.4 Å². The van der Waals surface area contributed by atoms with Crippen molar-refractivity contribution in [1.29, 1.82) is 0 Å². The molecule has 2 unspecified atom stereocenters. The van der Waals surface area contributed by atoms with Crippen molar-refractivity contribution in [3.05, 3.63) is 17.3 Å². The molecular formula is C9H11N3OS. The molecule has 0 spiro atoms. The number of aromatic nitrogens is 2. The maximum Gasteiger partial charge on any atom is 0.141 e. The van der Waals surface area contributed by atoms with E-state index in [0.29, 0.717) is 0 Å². The molecule has 1 aliphatic heterocycles. The van der Waals surface area contributed by atoms with Crippen LogP contribution >= 0.6 is 11.3 Å². The Morgan fingerprint density at radius 1 is 1.57 bits per heavy atom. The summed E-state index contributed by atoms with van der Waals surface area (Å²) < 4.78 is 0. The minimum atomic E-state index is -0.252. The van der Waals surface area contributed by atoms with Gasteiger partial charge in [-0.15, -0.1) is 11.3 Å². The number of nitrogens with one attached hydrogen (secondary N) is 2. The molecule has 0 bridgehead atoms. The van der Waals surface area contributed by atoms with E-state index >= 15 is 0 Å². The number of aromatic amines is 1. The van der Waals surface area contributed by atoms with Gasteiger partial charge in [0, 0.05) is 4.88 Å². The number of H-pyrrole nitrogens is 1. The smallest absolute Gasteiger partial charge is 0.141 e. The first-order valence-corrected chi connectivity index (χ1v) is 5.50. The van der Waals surface area contributed by atoms with Crippen molar-refractivity contribution in [2.24, 2.45) is 0 Å². The van der Waals surface area contributed by atoms with Crippen molar-refractivity contribution >= 4 is 21.7 Å². The molecule has 1 fully saturated rings. The zero-order valence-corrected chi connectivity index (χ0v) is 8.34. The van der Waals surface area contributed by atoms with Gasteiger partial charge in [-0.25, -0.2) is 4.98 Å². The average molecular weight is 209 g/mol. The molecule has 5 heteroatoms. The van der Waals surface area contributed by atoms with E-state index in [1.807, 2.05) is 0 Å². The van der Waals surface area contributed by atoms with Crippen molar-refractivity contribution in [2.45, 2.75) is 18.6 Å². The molecule has 2 aromatic heterocycles. The van der Waals surface area contributed by atoms with Crippen LogP contribution in [-0.4, -0.2) is 27.7 Å². The first-order chi connectivity index (χ1) is 6.84. The lowest BCUT2D eigenvalue weighted by molar-refractivity contribution is 0.161. The number of rotatable bonds is 1. The molecule has 0 saturated carbocycles. The Labute approximate surface area is 85.0 Å². The fourth-order valence-electron chi connectivity index (χ4n) is 1.89. The summed E-state index contributed by atoms with van der Waals surface area (Å²) >= 11 is 1.64. The second kappa shape index (κ2) is 3.05. The summed E-state index contributed by atoms with van der Waals surface area (Å²) in [5.74, 6) is 0. The second-order valence-corrected chi connectivity index (χ2v) is 4.62. The fourth-order valence-corrected chi connectivity index (χ4v) is 2.99. The van der Waals surface area contributed by atoms with Gasteiger partial charge in [0.2, 0.25) is 0 Å². The summed E-state index contributed by atoms with van der Waals surface area (Å²) in [5, 5.41) is 13.0. The minimum absolute atomic E-state index is 0.0996. The molecule has 0 aliphatic carbocycles. The van der Waals surface area contributed by atoms with Gasteiger partial charge in [0.05, 0.1) is 24.0 Å². The summed E-state index contributed by atoms with van der Waals surface area (Å²) in [7, 11) is 0. The van der Waals surface area contributed by atoms with Crippen molar-refractivity contribution < 1.29 is 5.11 Å². The molecule has 1 aliphatic rings. The Morgan fingerprint density at radius 3 is 3.21 bits per heavy atom. The third kappa shape index (κ3) is 1.17. The molecule has 3 heterocycles. The third-order valence-corrected chi connectivity index (χ3v) is 3.76. The molecule has 2 aromatic rings. The van der Waals surface area contributed by atoms with E-state index in [1.165, 1.54) is 4.88 Å². The Morgan fingerprint density at radius 2 is 2.50 bits per heavy atom. The molecule has 0 radical (unpaired) electrons. The lowest BCUT2D eigenvalue weighted by atomic mass is 10.1. The van der Waals surface area contributed by atoms with E-state index in [-0.39, 0.29) is 12.1 Å². The lowest BCUT2D eigenvalue weighted by Crippen LogP contribution is -2.19. The highest BCUT2D eigenvalue weighted by Gasteiger charge is 2.27. The highest BCUT2D eigenvalue weighted by Crippen LogP contribution is 2.32. The summed E-state index contributed by atoms with van der Waals surface area (Å²) in [6.45, 7) is 0.894. The van der Waals surface area contributed by atoms with Crippen molar-refractivity contribution in [3.63, 3.8) is 0 Å². The Bertz CT molecular complexity index is 421. The number of hydrogen-bond donors (Lipinski definition) is 3. The van der Waals surface area contributed by atoms with Crippen LogP contribution in [0.4, 0.5) is 0 Å². The first-order valence-electron chi connectivity index (χ1n) is 4.69. The number of imidazole rings is 1. The van der Waals surface area contributed by atoms with Crippen molar-refractivity contribution in [3.8, 4) is 0 Å². The van der Waals surface area contributed by atoms with E-state index in [1.54, 1.807) is 17.7 Å². The molecular weight excluding hydrogens is 198 g/mol. The van der Waals surface area contributed by atoms with Gasteiger partial charge in [0.1, 0.15) is 4.83 Å². The Kier molecular flexibility index (Phi) is 1.83. The van der Waals surface area contributed by atoms with E-state index in [0.717, 1.165) is 23.3 Å². The van der Waals surface area contributed by atoms with Gasteiger partial charge in [-0.05, 0) is 19.0 Å². The summed E-state index contributed by atoms with van der Waals surface area (Å²) in [6.07, 6.45) is 2.28. The predicted molar refractivity (Wildman–Crippen MR) is 55.3 cm³/mol. The monoisotopic (exact) mass is 209 g/mol. The number of thiophene rings is 1. The van der Waals surface area contributed by atoms with Crippen LogP contribution in [0.15, 0.2) is 12.4 Å². The Balaban J connectivity index is 2.01. The number of fused-ring (bicyclic) bond motifs is 1. The average Bonchev–Trinajstić information content (AvgIpc) is 2.75. The number of hydrogen-bond acceptors (Lipinski definition) is 4. The minimum Gasteiger partial charge on any atom is -0.391 e. The van der Waals surface area contributed by atoms with Crippen molar-refractivity contribution in [1.82, 2.24) is 15.3 Å². The van der Waals surface area contributed by atoms with Crippen LogP contribution in [0, 0.1) is 0 Å². The van der Waals surface area contributed by atoms with Gasteiger partial charge in [-0.1, -0.05) is 0 Å². The highest BCUT2D eigenvalue weighted by atomic mass is 32.1. The van der Waals surface area contributed by atoms with Gasteiger partial charge in [0.15, 0.2) is 0 Å². The molecule has 74 valence electrons. The SMILES string of the molecule is OC1CCNC1c1cc2[nH]cnc2s1. The predicted octanol–water partition coefficient (Wildman–Crippen LogP) is 1.02. The first kappa shape index (κ1) is 8.40. The van der Waals surface area contributed by atoms with E-state index < -0.39 is 0 Å². The molecule has 0 aromatic carbocycles. The zero-order valence-electron chi connectivity index (χ0n) is 7.53. The summed E-state index contributed by atoms with van der Waals surface area (Å²) in [6, 6.07) is 2.17. The third-order valence-electron chi connectivity index (χ3n) is 2.63. The molecule has 3 N–H and O–H groups in total. The largest absolute Gasteiger partial charge is 0.391 e. The standard InChI is InChI=1S/C9H11N3OS/c13-6-1-2-10-8(6)7-3-5-9(14-7)12-4-11-5/h3-4,6,8,10,13H,1-2H2,(H,11,12). The molecule has 0 amide bonds. The Hall–Kier alpha value is -0.910. The van der Waals surface area contributed by atoms with Crippen LogP contribution < -0.4 is 5.32 Å². The van der Waals surface area contributed by atoms with Crippen LogP contribution in [0.2, 0.25) is 0 Å². The van der Waals surface area contributed by atoms with E-state index in [4.69, 9.17) is 0 Å². The molecule has 2 atom stereocenters. The van der Waals surface area contributed by atoms with Crippen molar-refractivity contribution in [2.75, 3.05) is 6.54 Å². The van der Waals surface area contributed by atoms with Gasteiger partial charge >= 0.3 is 0 Å². The molecule has 1 saturated heterocycles. The maximum atomic E-state index is 9.72. The van der Waals surface area contributed by atoms with Gasteiger partial charge in [0.25, 0.3) is 0 Å². The highest BCUT2D eigenvalue weighted by molar-refractivity contribution is 7.18. The van der Waals surface area contributed by atoms with E-state index in [9.17, 15) is 5.11 Å². The van der Waals surface area contributed by atoms with Crippen LogP contribution in [0.3, 0.4) is 0 Å². The normalized spacial score (nSPS) is 27.5. The summed E-state index contributed by atoms with van der Waals surface area (Å²) in [4.78, 5) is 9.44. The van der Waals surface area contributed by atoms with E-state index in [2.05, 4.69) is 21.4 Å². The van der Waals surface area contributed by atoms with Crippen LogP contribution in [0.5, 0.6) is 0 Å². The zero-order chi connectivity index (χ0) is 9.54. The topological polar surface area (TPSA) is 60.9 Å². The van der Waals surface area contributed by atoms with Crippen LogP contribution in [0.25, 0.3) is 10.3 Å². The summed E-state index contributed by atoms with van der Waals surface area (Å²) in [5.41, 5.74) is 1.06. The molecule has 4 nitrogen and oxygen atoms in total. The van der Waals surface area contributed by atoms with Gasteiger partial charge in [-0.3, -0.25) is 0 Å². The van der Waals surface area contributed by atoms with Crippen LogP contribution in [-0.2, 0) is 0 Å². The number of nitrogens with zero attached hydrogens (tertiary/aromatic N) is 1.